The Balaban J connectivity index is 1.99. The van der Waals surface area contributed by atoms with Gasteiger partial charge in [-0.15, -0.1) is 0 Å². The van der Waals surface area contributed by atoms with Crippen LogP contribution in [-0.2, 0) is 0 Å². The van der Waals surface area contributed by atoms with Crippen LogP contribution >= 0.6 is 34.8 Å². The monoisotopic (exact) mass is 410 g/mol. The smallest absolute Gasteiger partial charge is 0.261 e. The number of carbonyl (C=O) groups excluding carboxylic acids is 1. The van der Waals surface area contributed by atoms with Crippen molar-refractivity contribution in [1.29, 1.82) is 0 Å². The Kier molecular flexibility index (Phi) is 5.41. The quantitative estimate of drug-likeness (QED) is 0.583. The zero-order valence-electron chi connectivity index (χ0n) is 13.8. The molecule has 1 heterocycles. The maximum atomic E-state index is 12.8. The first kappa shape index (κ1) is 18.6. The molecule has 0 aliphatic heterocycles. The van der Waals surface area contributed by atoms with Crippen molar-refractivity contribution in [3.8, 4) is 17.0 Å². The summed E-state index contributed by atoms with van der Waals surface area (Å²) in [5, 5.41) is 7.84. The third-order valence-corrected chi connectivity index (χ3v) is 4.62. The molecule has 0 saturated carbocycles. The van der Waals surface area contributed by atoms with Crippen LogP contribution in [0.25, 0.3) is 11.3 Å². The van der Waals surface area contributed by atoms with Crippen molar-refractivity contribution in [3.63, 3.8) is 0 Å². The molecule has 5 nitrogen and oxygen atoms in total. The lowest BCUT2D eigenvalue weighted by Gasteiger charge is -2.09. The van der Waals surface area contributed by atoms with E-state index < -0.39 is 5.91 Å². The van der Waals surface area contributed by atoms with Crippen LogP contribution in [0.5, 0.6) is 5.75 Å². The van der Waals surface area contributed by atoms with Crippen molar-refractivity contribution in [1.82, 2.24) is 5.16 Å². The number of carbonyl (C=O) groups is 1. The van der Waals surface area contributed by atoms with E-state index in [1.807, 2.05) is 0 Å². The number of nitrogens with zero attached hydrogens (tertiary/aromatic N) is 1. The molecule has 0 radical (unpaired) electrons. The molecule has 0 saturated heterocycles. The number of methoxy groups -OCH3 is 1. The molecule has 1 aromatic heterocycles. The van der Waals surface area contributed by atoms with Crippen molar-refractivity contribution in [2.45, 2.75) is 6.92 Å². The minimum atomic E-state index is -0.420. The summed E-state index contributed by atoms with van der Waals surface area (Å²) in [4.78, 5) is 12.8. The van der Waals surface area contributed by atoms with Crippen molar-refractivity contribution >= 4 is 46.4 Å². The molecule has 8 heteroatoms. The second-order valence-electron chi connectivity index (χ2n) is 5.36. The van der Waals surface area contributed by atoms with Crippen LogP contribution in [-0.4, -0.2) is 18.2 Å². The first-order valence-electron chi connectivity index (χ1n) is 7.48. The number of aryl methyl sites for hydroxylation is 1. The number of nitrogens with one attached hydrogen (secondary N) is 1. The van der Waals surface area contributed by atoms with Gasteiger partial charge in [-0.2, -0.15) is 0 Å². The second kappa shape index (κ2) is 7.58. The zero-order valence-corrected chi connectivity index (χ0v) is 16.0. The van der Waals surface area contributed by atoms with Crippen molar-refractivity contribution < 1.29 is 14.1 Å². The van der Waals surface area contributed by atoms with Gasteiger partial charge in [0.05, 0.1) is 22.2 Å². The molecule has 0 fully saturated rings. The number of rotatable bonds is 4. The molecule has 1 amide bonds. The summed E-state index contributed by atoms with van der Waals surface area (Å²) in [5.41, 5.74) is 1.45. The average molecular weight is 412 g/mol. The average Bonchev–Trinajstić information content (AvgIpc) is 2.96. The first-order valence-corrected chi connectivity index (χ1v) is 8.61. The van der Waals surface area contributed by atoms with Gasteiger partial charge in [0.1, 0.15) is 22.8 Å². The standard InChI is InChI=1S/C18H13Cl3N2O3/c1-9-15(17(23-26-9)16-11(19)4-3-5-12(16)20)18(24)22-10-6-7-14(25-2)13(21)8-10/h3-8H,1-2H3,(H,22,24). The van der Waals surface area contributed by atoms with E-state index in [4.69, 9.17) is 44.1 Å². The van der Waals surface area contributed by atoms with E-state index in [1.54, 1.807) is 43.3 Å². The van der Waals surface area contributed by atoms with Gasteiger partial charge in [0.15, 0.2) is 0 Å². The number of ether oxygens (including phenoxy) is 1. The third-order valence-electron chi connectivity index (χ3n) is 3.70. The summed E-state index contributed by atoms with van der Waals surface area (Å²) in [7, 11) is 1.51. The normalized spacial score (nSPS) is 10.7. The molecule has 0 aliphatic carbocycles. The maximum Gasteiger partial charge on any atom is 0.261 e. The predicted octanol–water partition coefficient (Wildman–Crippen LogP) is 5.87. The largest absolute Gasteiger partial charge is 0.495 e. The molecule has 1 N–H and O–H groups in total. The summed E-state index contributed by atoms with van der Waals surface area (Å²) in [5.74, 6) is 0.429. The van der Waals surface area contributed by atoms with E-state index in [1.165, 1.54) is 7.11 Å². The van der Waals surface area contributed by atoms with Gasteiger partial charge in [-0.3, -0.25) is 4.79 Å². The van der Waals surface area contributed by atoms with E-state index in [-0.39, 0.29) is 11.3 Å². The highest BCUT2D eigenvalue weighted by molar-refractivity contribution is 6.39. The van der Waals surface area contributed by atoms with E-state index in [0.717, 1.165) is 0 Å². The molecule has 0 bridgehead atoms. The fourth-order valence-electron chi connectivity index (χ4n) is 2.47. The Hall–Kier alpha value is -2.21. The number of hydrogen-bond acceptors (Lipinski definition) is 4. The number of hydrogen-bond donors (Lipinski definition) is 1. The summed E-state index contributed by atoms with van der Waals surface area (Å²) >= 11 is 18.6. The first-order chi connectivity index (χ1) is 12.4. The van der Waals surface area contributed by atoms with Crippen LogP contribution in [0, 0.1) is 6.92 Å². The van der Waals surface area contributed by atoms with Crippen LogP contribution in [0.3, 0.4) is 0 Å². The van der Waals surface area contributed by atoms with Gasteiger partial charge in [-0.25, -0.2) is 0 Å². The number of aromatic nitrogens is 1. The predicted molar refractivity (Wildman–Crippen MR) is 103 cm³/mol. The molecule has 3 rings (SSSR count). The minimum Gasteiger partial charge on any atom is -0.495 e. The van der Waals surface area contributed by atoms with Gasteiger partial charge in [-0.05, 0) is 37.3 Å². The van der Waals surface area contributed by atoms with Gasteiger partial charge in [0.2, 0.25) is 0 Å². The molecule has 0 atom stereocenters. The summed E-state index contributed by atoms with van der Waals surface area (Å²) in [6.45, 7) is 1.64. The number of benzene rings is 2. The SMILES string of the molecule is COc1ccc(NC(=O)c2c(-c3c(Cl)cccc3Cl)noc2C)cc1Cl. The Bertz CT molecular complexity index is 966. The summed E-state index contributed by atoms with van der Waals surface area (Å²) in [6.07, 6.45) is 0. The van der Waals surface area contributed by atoms with Crippen molar-refractivity contribution in [2.75, 3.05) is 12.4 Å². The van der Waals surface area contributed by atoms with Crippen LogP contribution in [0.2, 0.25) is 15.1 Å². The van der Waals surface area contributed by atoms with Crippen LogP contribution in [0.15, 0.2) is 40.9 Å². The van der Waals surface area contributed by atoms with Gasteiger partial charge in [0.25, 0.3) is 5.91 Å². The Morgan fingerprint density at radius 1 is 1.12 bits per heavy atom. The Morgan fingerprint density at radius 2 is 1.81 bits per heavy atom. The second-order valence-corrected chi connectivity index (χ2v) is 6.58. The minimum absolute atomic E-state index is 0.243. The summed E-state index contributed by atoms with van der Waals surface area (Å²) < 4.78 is 10.3. The van der Waals surface area contributed by atoms with Crippen molar-refractivity contribution in [2.24, 2.45) is 0 Å². The maximum absolute atomic E-state index is 12.8. The van der Waals surface area contributed by atoms with E-state index in [0.29, 0.717) is 37.8 Å². The number of anilines is 1. The van der Waals surface area contributed by atoms with Gasteiger partial charge < -0.3 is 14.6 Å². The van der Waals surface area contributed by atoms with Crippen LogP contribution in [0.1, 0.15) is 16.1 Å². The van der Waals surface area contributed by atoms with Crippen molar-refractivity contribution in [3.05, 3.63) is 62.8 Å². The third kappa shape index (κ3) is 3.51. The molecule has 0 aliphatic rings. The van der Waals surface area contributed by atoms with Crippen LogP contribution in [0.4, 0.5) is 5.69 Å². The lowest BCUT2D eigenvalue weighted by molar-refractivity contribution is 0.102. The molecule has 0 spiro atoms. The van der Waals surface area contributed by atoms with Crippen LogP contribution < -0.4 is 10.1 Å². The van der Waals surface area contributed by atoms with Gasteiger partial charge >= 0.3 is 0 Å². The number of halogens is 3. The number of amides is 1. The lowest BCUT2D eigenvalue weighted by Crippen LogP contribution is -2.13. The lowest BCUT2D eigenvalue weighted by atomic mass is 10.1. The highest BCUT2D eigenvalue weighted by Gasteiger charge is 2.25. The fraction of sp³-hybridized carbons (Fsp3) is 0.111. The Morgan fingerprint density at radius 3 is 2.42 bits per heavy atom. The zero-order chi connectivity index (χ0) is 18.8. The fourth-order valence-corrected chi connectivity index (χ4v) is 3.31. The van der Waals surface area contributed by atoms with Gasteiger partial charge in [0, 0.05) is 11.3 Å². The molecular weight excluding hydrogens is 399 g/mol. The molecule has 2 aromatic carbocycles. The molecule has 0 unspecified atom stereocenters. The molecule has 26 heavy (non-hydrogen) atoms. The summed E-state index contributed by atoms with van der Waals surface area (Å²) in [6, 6.07) is 9.96. The molecular formula is C18H13Cl3N2O3. The topological polar surface area (TPSA) is 64.4 Å². The molecule has 3 aromatic rings. The highest BCUT2D eigenvalue weighted by Crippen LogP contribution is 2.37. The van der Waals surface area contributed by atoms with Gasteiger partial charge in [-0.1, -0.05) is 46.0 Å². The Labute approximate surface area is 164 Å². The van der Waals surface area contributed by atoms with E-state index >= 15 is 0 Å². The molecule has 134 valence electrons. The van der Waals surface area contributed by atoms with E-state index in [9.17, 15) is 4.79 Å². The highest BCUT2D eigenvalue weighted by atomic mass is 35.5. The van der Waals surface area contributed by atoms with E-state index in [2.05, 4.69) is 10.5 Å².